The Morgan fingerprint density at radius 1 is 1.06 bits per heavy atom. The summed E-state index contributed by atoms with van der Waals surface area (Å²) in [5, 5.41) is 0. The van der Waals surface area contributed by atoms with E-state index in [1.807, 2.05) is 0 Å². The van der Waals surface area contributed by atoms with E-state index in [1.165, 1.54) is 32.1 Å². The van der Waals surface area contributed by atoms with Crippen molar-refractivity contribution in [2.45, 2.75) is 78.3 Å². The predicted octanol–water partition coefficient (Wildman–Crippen LogP) is 4.57. The summed E-state index contributed by atoms with van der Waals surface area (Å²) in [5.41, 5.74) is 0.367. The van der Waals surface area contributed by atoms with Gasteiger partial charge in [0, 0.05) is 11.6 Å². The van der Waals surface area contributed by atoms with E-state index in [-0.39, 0.29) is 0 Å². The van der Waals surface area contributed by atoms with Crippen LogP contribution < -0.4 is 0 Å². The number of hydrogen-bond acceptors (Lipinski definition) is 1. The third-order valence-electron chi connectivity index (χ3n) is 5.95. The molecule has 0 aromatic rings. The summed E-state index contributed by atoms with van der Waals surface area (Å²) in [6.07, 6.45) is 7.26. The van der Waals surface area contributed by atoms with Gasteiger partial charge in [0.1, 0.15) is 0 Å². The van der Waals surface area contributed by atoms with Gasteiger partial charge in [0.25, 0.3) is 0 Å². The number of hydrogen-bond donors (Lipinski definition) is 0. The van der Waals surface area contributed by atoms with Crippen LogP contribution in [0.5, 0.6) is 0 Å². The smallest absolute Gasteiger partial charge is 0.0156 e. The summed E-state index contributed by atoms with van der Waals surface area (Å²) in [5.74, 6) is 3.61. The number of rotatable bonds is 1. The van der Waals surface area contributed by atoms with Gasteiger partial charge in [-0.25, -0.2) is 0 Å². The van der Waals surface area contributed by atoms with Crippen LogP contribution in [-0.2, 0) is 0 Å². The fraction of sp³-hybridized carbons (Fsp3) is 1.00. The Kier molecular flexibility index (Phi) is 4.11. The number of nitrogens with zero attached hydrogens (tertiary/aromatic N) is 1. The van der Waals surface area contributed by atoms with Crippen molar-refractivity contribution < 1.29 is 0 Å². The van der Waals surface area contributed by atoms with Crippen molar-refractivity contribution in [2.24, 2.45) is 23.7 Å². The molecule has 0 amide bonds. The van der Waals surface area contributed by atoms with E-state index in [0.717, 1.165) is 29.7 Å². The van der Waals surface area contributed by atoms with Crippen molar-refractivity contribution in [3.05, 3.63) is 0 Å². The summed E-state index contributed by atoms with van der Waals surface area (Å²) in [7, 11) is 2.38. The predicted molar refractivity (Wildman–Crippen MR) is 79.7 cm³/mol. The molecular weight excluding hydrogens is 218 g/mol. The van der Waals surface area contributed by atoms with Gasteiger partial charge in [-0.3, -0.25) is 4.90 Å². The van der Waals surface area contributed by atoms with E-state index in [1.54, 1.807) is 0 Å². The van der Waals surface area contributed by atoms with Crippen molar-refractivity contribution in [3.63, 3.8) is 0 Å². The maximum atomic E-state index is 2.73. The molecule has 18 heavy (non-hydrogen) atoms. The highest BCUT2D eigenvalue weighted by atomic mass is 15.2. The second-order valence-corrected chi connectivity index (χ2v) is 7.95. The topological polar surface area (TPSA) is 3.24 Å². The summed E-state index contributed by atoms with van der Waals surface area (Å²) < 4.78 is 0. The molecule has 0 radical (unpaired) electrons. The van der Waals surface area contributed by atoms with E-state index in [0.29, 0.717) is 5.54 Å². The Bertz CT molecular complexity index is 281. The van der Waals surface area contributed by atoms with Crippen molar-refractivity contribution in [1.82, 2.24) is 4.90 Å². The normalized spacial score (nSPS) is 41.5. The molecule has 1 nitrogen and oxygen atoms in total. The fourth-order valence-corrected chi connectivity index (χ4v) is 5.03. The summed E-state index contributed by atoms with van der Waals surface area (Å²) in [6, 6.07) is 0.787. The average Bonchev–Trinajstić information content (AvgIpc) is 2.34. The maximum Gasteiger partial charge on any atom is 0.0156 e. The zero-order chi connectivity index (χ0) is 13.5. The number of fused-ring (bicyclic) bond motifs is 1. The Hall–Kier alpha value is -0.0400. The van der Waals surface area contributed by atoms with Crippen molar-refractivity contribution in [3.8, 4) is 0 Å². The van der Waals surface area contributed by atoms with Crippen molar-refractivity contribution >= 4 is 0 Å². The molecule has 4 atom stereocenters. The molecule has 1 saturated heterocycles. The first-order chi connectivity index (χ1) is 8.34. The molecule has 1 heteroatoms. The Labute approximate surface area is 114 Å². The van der Waals surface area contributed by atoms with Crippen LogP contribution in [0.25, 0.3) is 0 Å². The summed E-state index contributed by atoms with van der Waals surface area (Å²) in [6.45, 7) is 12.3. The van der Waals surface area contributed by atoms with E-state index in [4.69, 9.17) is 0 Å². The molecule has 4 unspecified atom stereocenters. The lowest BCUT2D eigenvalue weighted by Gasteiger charge is -2.45. The van der Waals surface area contributed by atoms with Gasteiger partial charge >= 0.3 is 0 Å². The lowest BCUT2D eigenvalue weighted by Crippen LogP contribution is -2.51. The van der Waals surface area contributed by atoms with Crippen molar-refractivity contribution in [1.29, 1.82) is 0 Å². The first kappa shape index (κ1) is 14.4. The largest absolute Gasteiger partial charge is 0.298 e. The molecule has 1 heterocycles. The maximum absolute atomic E-state index is 2.73. The third-order valence-corrected chi connectivity index (χ3v) is 5.95. The van der Waals surface area contributed by atoms with E-state index in [9.17, 15) is 0 Å². The molecular formula is C17H33N. The van der Waals surface area contributed by atoms with Crippen LogP contribution in [0, 0.1) is 23.7 Å². The fourth-order valence-electron chi connectivity index (χ4n) is 5.03. The minimum atomic E-state index is 0.367. The third kappa shape index (κ3) is 2.48. The Balaban J connectivity index is 2.34. The van der Waals surface area contributed by atoms with E-state index < -0.39 is 0 Å². The first-order valence-corrected chi connectivity index (χ1v) is 8.07. The molecule has 2 rings (SSSR count). The van der Waals surface area contributed by atoms with E-state index >= 15 is 0 Å². The lowest BCUT2D eigenvalue weighted by atomic mass is 9.68. The lowest BCUT2D eigenvalue weighted by molar-refractivity contribution is 0.0324. The highest BCUT2D eigenvalue weighted by molar-refractivity contribution is 4.99. The molecule has 1 saturated carbocycles. The van der Waals surface area contributed by atoms with Crippen molar-refractivity contribution in [2.75, 3.05) is 7.05 Å². The zero-order valence-electron chi connectivity index (χ0n) is 13.4. The minimum absolute atomic E-state index is 0.367. The average molecular weight is 251 g/mol. The second-order valence-electron chi connectivity index (χ2n) is 7.95. The Morgan fingerprint density at radius 3 is 2.17 bits per heavy atom. The summed E-state index contributed by atoms with van der Waals surface area (Å²) >= 11 is 0. The molecule has 2 aliphatic rings. The molecule has 106 valence electrons. The molecule has 0 N–H and O–H groups in total. The highest BCUT2D eigenvalue weighted by Crippen LogP contribution is 2.47. The number of likely N-dealkylation sites (tertiary alicyclic amines) is 1. The van der Waals surface area contributed by atoms with E-state index in [2.05, 4.69) is 46.6 Å². The molecule has 1 aliphatic carbocycles. The second kappa shape index (κ2) is 5.15. The van der Waals surface area contributed by atoms with Crippen LogP contribution in [0.3, 0.4) is 0 Å². The quantitative estimate of drug-likeness (QED) is 0.660. The van der Waals surface area contributed by atoms with Crippen LogP contribution in [0.1, 0.15) is 66.7 Å². The molecule has 0 spiro atoms. The molecule has 0 aromatic heterocycles. The minimum Gasteiger partial charge on any atom is -0.298 e. The van der Waals surface area contributed by atoms with Gasteiger partial charge in [-0.15, -0.1) is 0 Å². The van der Waals surface area contributed by atoms with Crippen LogP contribution in [0.2, 0.25) is 0 Å². The molecule has 0 bridgehead atoms. The van der Waals surface area contributed by atoms with Crippen LogP contribution >= 0.6 is 0 Å². The standard InChI is InChI=1S/C17H33N/c1-12(2)16-15-10-8-7-9-14(15)13(3)11-17(4,5)18(16)6/h12-16H,7-11H2,1-6H3. The van der Waals surface area contributed by atoms with Crippen LogP contribution in [0.4, 0.5) is 0 Å². The molecule has 0 aromatic carbocycles. The van der Waals surface area contributed by atoms with Gasteiger partial charge in [0.15, 0.2) is 0 Å². The van der Waals surface area contributed by atoms with Gasteiger partial charge in [-0.05, 0) is 63.8 Å². The zero-order valence-corrected chi connectivity index (χ0v) is 13.4. The monoisotopic (exact) mass is 251 g/mol. The Morgan fingerprint density at radius 2 is 1.61 bits per heavy atom. The SMILES string of the molecule is CC(C)C1C2CCCCC2C(C)CC(C)(C)N1C. The first-order valence-electron chi connectivity index (χ1n) is 8.07. The van der Waals surface area contributed by atoms with Gasteiger partial charge in [-0.1, -0.05) is 33.6 Å². The van der Waals surface area contributed by atoms with Gasteiger partial charge < -0.3 is 0 Å². The van der Waals surface area contributed by atoms with Crippen LogP contribution in [-0.4, -0.2) is 23.5 Å². The van der Waals surface area contributed by atoms with Gasteiger partial charge in [0.05, 0.1) is 0 Å². The van der Waals surface area contributed by atoms with Crippen LogP contribution in [0.15, 0.2) is 0 Å². The van der Waals surface area contributed by atoms with Gasteiger partial charge in [0.2, 0.25) is 0 Å². The van der Waals surface area contributed by atoms with Gasteiger partial charge in [-0.2, -0.15) is 0 Å². The summed E-state index contributed by atoms with van der Waals surface area (Å²) in [4.78, 5) is 2.73. The molecule has 1 aliphatic heterocycles. The highest BCUT2D eigenvalue weighted by Gasteiger charge is 2.45. The molecule has 2 fully saturated rings.